The summed E-state index contributed by atoms with van der Waals surface area (Å²) < 4.78 is 27.6. The van der Waals surface area contributed by atoms with E-state index in [0.29, 0.717) is 5.75 Å². The number of ether oxygens (including phenoxy) is 1. The van der Waals surface area contributed by atoms with Crippen LogP contribution in [0.4, 0.5) is 0 Å². The van der Waals surface area contributed by atoms with Crippen LogP contribution in [0.1, 0.15) is 30.6 Å². The Balaban J connectivity index is 3.20. The van der Waals surface area contributed by atoms with Gasteiger partial charge in [-0.05, 0) is 31.5 Å². The van der Waals surface area contributed by atoms with Crippen molar-refractivity contribution < 1.29 is 17.9 Å². The first-order chi connectivity index (χ1) is 8.79. The largest absolute Gasteiger partial charge is 0.496 e. The van der Waals surface area contributed by atoms with Gasteiger partial charge < -0.3 is 10.1 Å². The van der Waals surface area contributed by atoms with Crippen molar-refractivity contribution in [2.45, 2.75) is 31.2 Å². The van der Waals surface area contributed by atoms with Crippen molar-refractivity contribution in [1.82, 2.24) is 5.32 Å². The highest BCUT2D eigenvalue weighted by molar-refractivity contribution is 8.13. The third kappa shape index (κ3) is 4.11. The smallest absolute Gasteiger partial charge is 0.261 e. The number of rotatable bonds is 5. The molecule has 7 heteroatoms. The van der Waals surface area contributed by atoms with Crippen LogP contribution in [0.3, 0.4) is 0 Å². The van der Waals surface area contributed by atoms with Crippen LogP contribution in [0.15, 0.2) is 23.1 Å². The van der Waals surface area contributed by atoms with Gasteiger partial charge in [-0.1, -0.05) is 6.92 Å². The monoisotopic (exact) mass is 305 g/mol. The summed E-state index contributed by atoms with van der Waals surface area (Å²) in [6.45, 7) is 3.79. The molecule has 0 aliphatic heterocycles. The van der Waals surface area contributed by atoms with E-state index in [1.165, 1.54) is 25.3 Å². The molecule has 0 bridgehead atoms. The van der Waals surface area contributed by atoms with Crippen LogP contribution in [0.2, 0.25) is 0 Å². The fourth-order valence-corrected chi connectivity index (χ4v) is 2.20. The summed E-state index contributed by atoms with van der Waals surface area (Å²) in [4.78, 5) is 11.9. The molecule has 0 aromatic heterocycles. The van der Waals surface area contributed by atoms with Crippen LogP contribution in [0.5, 0.6) is 5.75 Å². The van der Waals surface area contributed by atoms with E-state index in [1.807, 2.05) is 13.8 Å². The summed E-state index contributed by atoms with van der Waals surface area (Å²) in [6.07, 6.45) is 0.765. The fourth-order valence-electron chi connectivity index (χ4n) is 1.42. The molecule has 5 nitrogen and oxygen atoms in total. The molecule has 106 valence electrons. The van der Waals surface area contributed by atoms with Gasteiger partial charge in [0.2, 0.25) is 0 Å². The molecule has 0 fully saturated rings. The topological polar surface area (TPSA) is 72.5 Å². The lowest BCUT2D eigenvalue weighted by molar-refractivity contribution is 0.0936. The molecule has 1 aromatic carbocycles. The standard InChI is InChI=1S/C12H16ClNO4S/c1-4-8(2)14-12(15)10-7-9(19(13,16)17)5-6-11(10)18-3/h5-8H,4H2,1-3H3,(H,14,15)/t8-/m1/s1. The maximum atomic E-state index is 12.0. The maximum absolute atomic E-state index is 12.0. The summed E-state index contributed by atoms with van der Waals surface area (Å²) in [5, 5.41) is 2.74. The fraction of sp³-hybridized carbons (Fsp3) is 0.417. The van der Waals surface area contributed by atoms with E-state index in [1.54, 1.807) is 0 Å². The van der Waals surface area contributed by atoms with Crippen molar-refractivity contribution in [2.24, 2.45) is 0 Å². The number of methoxy groups -OCH3 is 1. The molecular formula is C12H16ClNO4S. The van der Waals surface area contributed by atoms with E-state index < -0.39 is 15.0 Å². The molecular weight excluding hydrogens is 290 g/mol. The van der Waals surface area contributed by atoms with Crippen LogP contribution in [0, 0.1) is 0 Å². The number of halogens is 1. The first-order valence-electron chi connectivity index (χ1n) is 5.73. The van der Waals surface area contributed by atoms with Gasteiger partial charge in [0, 0.05) is 16.7 Å². The number of carbonyl (C=O) groups excluding carboxylic acids is 1. The molecule has 1 N–H and O–H groups in total. The normalized spacial score (nSPS) is 12.8. The Kier molecular flexibility index (Phi) is 5.20. The van der Waals surface area contributed by atoms with Gasteiger partial charge in [0.05, 0.1) is 17.6 Å². The van der Waals surface area contributed by atoms with Gasteiger partial charge in [0.25, 0.3) is 15.0 Å². The van der Waals surface area contributed by atoms with Crippen molar-refractivity contribution in [3.8, 4) is 5.75 Å². The highest BCUT2D eigenvalue weighted by atomic mass is 35.7. The van der Waals surface area contributed by atoms with Gasteiger partial charge in [0.1, 0.15) is 5.75 Å². The summed E-state index contributed by atoms with van der Waals surface area (Å²) in [5.41, 5.74) is 0.143. The second kappa shape index (κ2) is 6.25. The van der Waals surface area contributed by atoms with E-state index in [9.17, 15) is 13.2 Å². The molecule has 0 saturated carbocycles. The SMILES string of the molecule is CC[C@@H](C)NC(=O)c1cc(S(=O)(=O)Cl)ccc1OC. The molecule has 1 rings (SSSR count). The van der Waals surface area contributed by atoms with Crippen molar-refractivity contribution in [2.75, 3.05) is 7.11 Å². The second-order valence-corrected chi connectivity index (χ2v) is 6.65. The molecule has 0 unspecified atom stereocenters. The zero-order valence-corrected chi connectivity index (χ0v) is 12.5. The predicted octanol–water partition coefficient (Wildman–Crippen LogP) is 2.15. The number of amides is 1. The minimum Gasteiger partial charge on any atom is -0.496 e. The Bertz CT molecular complexity index is 571. The lowest BCUT2D eigenvalue weighted by atomic mass is 10.1. The van der Waals surface area contributed by atoms with Crippen molar-refractivity contribution >= 4 is 25.6 Å². The summed E-state index contributed by atoms with van der Waals surface area (Å²) in [6, 6.07) is 3.88. The summed E-state index contributed by atoms with van der Waals surface area (Å²) in [5.74, 6) is -0.0989. The lowest BCUT2D eigenvalue weighted by Crippen LogP contribution is -2.32. The summed E-state index contributed by atoms with van der Waals surface area (Å²) in [7, 11) is 2.79. The Morgan fingerprint density at radius 1 is 1.47 bits per heavy atom. The average molecular weight is 306 g/mol. The third-order valence-electron chi connectivity index (χ3n) is 2.69. The molecule has 1 atom stereocenters. The quantitative estimate of drug-likeness (QED) is 0.846. The molecule has 1 aromatic rings. The average Bonchev–Trinajstić information content (AvgIpc) is 2.36. The Morgan fingerprint density at radius 3 is 2.58 bits per heavy atom. The predicted molar refractivity (Wildman–Crippen MR) is 73.3 cm³/mol. The lowest BCUT2D eigenvalue weighted by Gasteiger charge is -2.14. The summed E-state index contributed by atoms with van der Waals surface area (Å²) >= 11 is 0. The van der Waals surface area contributed by atoms with Crippen LogP contribution in [-0.4, -0.2) is 27.5 Å². The Morgan fingerprint density at radius 2 is 2.11 bits per heavy atom. The number of hydrogen-bond donors (Lipinski definition) is 1. The first-order valence-corrected chi connectivity index (χ1v) is 8.04. The minimum absolute atomic E-state index is 0.0199. The third-order valence-corrected chi connectivity index (χ3v) is 4.04. The first kappa shape index (κ1) is 15.8. The molecule has 1 amide bonds. The van der Waals surface area contributed by atoms with Crippen molar-refractivity contribution in [1.29, 1.82) is 0 Å². The van der Waals surface area contributed by atoms with E-state index in [4.69, 9.17) is 15.4 Å². The minimum atomic E-state index is -3.88. The van der Waals surface area contributed by atoms with E-state index in [0.717, 1.165) is 6.42 Å². The Labute approximate surface area is 117 Å². The molecule has 0 radical (unpaired) electrons. The van der Waals surface area contributed by atoms with Gasteiger partial charge in [0.15, 0.2) is 0 Å². The van der Waals surface area contributed by atoms with Gasteiger partial charge in [-0.3, -0.25) is 4.79 Å². The highest BCUT2D eigenvalue weighted by Crippen LogP contribution is 2.24. The zero-order valence-electron chi connectivity index (χ0n) is 10.9. The molecule has 0 saturated heterocycles. The van der Waals surface area contributed by atoms with Crippen LogP contribution in [-0.2, 0) is 9.05 Å². The maximum Gasteiger partial charge on any atom is 0.261 e. The van der Waals surface area contributed by atoms with Gasteiger partial charge in [-0.15, -0.1) is 0 Å². The Hall–Kier alpha value is -1.27. The van der Waals surface area contributed by atoms with E-state index >= 15 is 0 Å². The van der Waals surface area contributed by atoms with Crippen molar-refractivity contribution in [3.05, 3.63) is 23.8 Å². The number of benzene rings is 1. The van der Waals surface area contributed by atoms with E-state index in [-0.39, 0.29) is 16.5 Å². The zero-order chi connectivity index (χ0) is 14.6. The number of nitrogens with one attached hydrogen (secondary N) is 1. The number of carbonyl (C=O) groups is 1. The molecule has 0 spiro atoms. The molecule has 0 heterocycles. The van der Waals surface area contributed by atoms with Gasteiger partial charge >= 0.3 is 0 Å². The van der Waals surface area contributed by atoms with Gasteiger partial charge in [-0.25, -0.2) is 8.42 Å². The van der Waals surface area contributed by atoms with Gasteiger partial charge in [-0.2, -0.15) is 0 Å². The molecule has 0 aliphatic carbocycles. The van der Waals surface area contributed by atoms with Crippen molar-refractivity contribution in [3.63, 3.8) is 0 Å². The number of hydrogen-bond acceptors (Lipinski definition) is 4. The van der Waals surface area contributed by atoms with Crippen LogP contribution < -0.4 is 10.1 Å². The van der Waals surface area contributed by atoms with Crippen LogP contribution >= 0.6 is 10.7 Å². The second-order valence-electron chi connectivity index (χ2n) is 4.08. The molecule has 19 heavy (non-hydrogen) atoms. The highest BCUT2D eigenvalue weighted by Gasteiger charge is 2.18. The van der Waals surface area contributed by atoms with E-state index in [2.05, 4.69) is 5.32 Å². The van der Waals surface area contributed by atoms with Crippen LogP contribution in [0.25, 0.3) is 0 Å². The molecule has 0 aliphatic rings.